The fraction of sp³-hybridized carbons (Fsp3) is 0.917. The first-order valence-corrected chi connectivity index (χ1v) is 6.21. The number of nitrogens with two attached hydrogens (primary N) is 1. The largest absolute Gasteiger partial charge is 0.352 e. The van der Waals surface area contributed by atoms with E-state index < -0.39 is 0 Å². The SMILES string of the molecule is C[C@@H](CN)NC(=O)CCCC1CCCC1. The Balaban J connectivity index is 2.01. The first-order chi connectivity index (χ1) is 7.22. The first-order valence-electron chi connectivity index (χ1n) is 6.21. The summed E-state index contributed by atoms with van der Waals surface area (Å²) in [6.45, 7) is 2.46. The van der Waals surface area contributed by atoms with Crippen LogP contribution in [-0.4, -0.2) is 18.5 Å². The average Bonchev–Trinajstić information content (AvgIpc) is 2.70. The summed E-state index contributed by atoms with van der Waals surface area (Å²) in [5, 5.41) is 2.89. The van der Waals surface area contributed by atoms with Crippen LogP contribution in [0.15, 0.2) is 0 Å². The first kappa shape index (κ1) is 12.5. The summed E-state index contributed by atoms with van der Waals surface area (Å²) in [7, 11) is 0. The number of carbonyl (C=O) groups excluding carboxylic acids is 1. The van der Waals surface area contributed by atoms with Gasteiger partial charge in [0.25, 0.3) is 0 Å². The van der Waals surface area contributed by atoms with Crippen LogP contribution in [0, 0.1) is 5.92 Å². The predicted octanol–water partition coefficient (Wildman–Crippen LogP) is 1.81. The highest BCUT2D eigenvalue weighted by atomic mass is 16.1. The van der Waals surface area contributed by atoms with Gasteiger partial charge in [-0.05, 0) is 25.7 Å². The summed E-state index contributed by atoms with van der Waals surface area (Å²) in [6, 6.07) is 0.115. The van der Waals surface area contributed by atoms with Crippen molar-refractivity contribution in [2.75, 3.05) is 6.54 Å². The van der Waals surface area contributed by atoms with Gasteiger partial charge in [0.1, 0.15) is 0 Å². The molecule has 1 saturated carbocycles. The molecule has 15 heavy (non-hydrogen) atoms. The molecule has 1 amide bonds. The normalized spacial score (nSPS) is 19.1. The zero-order valence-corrected chi connectivity index (χ0v) is 9.80. The Kier molecular flexibility index (Phi) is 5.69. The molecule has 0 aliphatic heterocycles. The molecular weight excluding hydrogens is 188 g/mol. The number of hydrogen-bond acceptors (Lipinski definition) is 2. The van der Waals surface area contributed by atoms with E-state index in [9.17, 15) is 4.79 Å². The van der Waals surface area contributed by atoms with Gasteiger partial charge in [0.05, 0.1) is 0 Å². The molecule has 3 heteroatoms. The fourth-order valence-corrected chi connectivity index (χ4v) is 2.26. The Morgan fingerprint density at radius 2 is 2.13 bits per heavy atom. The highest BCUT2D eigenvalue weighted by Gasteiger charge is 2.15. The molecule has 0 spiro atoms. The van der Waals surface area contributed by atoms with E-state index in [1.54, 1.807) is 0 Å². The zero-order valence-electron chi connectivity index (χ0n) is 9.80. The highest BCUT2D eigenvalue weighted by Crippen LogP contribution is 2.28. The van der Waals surface area contributed by atoms with E-state index in [4.69, 9.17) is 5.73 Å². The maximum Gasteiger partial charge on any atom is 0.220 e. The van der Waals surface area contributed by atoms with Crippen molar-refractivity contribution in [1.29, 1.82) is 0 Å². The molecule has 1 aliphatic carbocycles. The lowest BCUT2D eigenvalue weighted by molar-refractivity contribution is -0.121. The van der Waals surface area contributed by atoms with Crippen molar-refractivity contribution < 1.29 is 4.79 Å². The van der Waals surface area contributed by atoms with Gasteiger partial charge in [-0.2, -0.15) is 0 Å². The summed E-state index contributed by atoms with van der Waals surface area (Å²) >= 11 is 0. The van der Waals surface area contributed by atoms with Crippen molar-refractivity contribution in [3.8, 4) is 0 Å². The average molecular weight is 212 g/mol. The lowest BCUT2D eigenvalue weighted by atomic mass is 10.0. The van der Waals surface area contributed by atoms with Gasteiger partial charge in [-0.15, -0.1) is 0 Å². The Morgan fingerprint density at radius 1 is 1.47 bits per heavy atom. The summed E-state index contributed by atoms with van der Waals surface area (Å²) < 4.78 is 0. The van der Waals surface area contributed by atoms with Gasteiger partial charge < -0.3 is 11.1 Å². The van der Waals surface area contributed by atoms with E-state index in [0.717, 1.165) is 12.3 Å². The lowest BCUT2D eigenvalue weighted by Crippen LogP contribution is -2.37. The van der Waals surface area contributed by atoms with Crippen LogP contribution < -0.4 is 11.1 Å². The van der Waals surface area contributed by atoms with E-state index in [2.05, 4.69) is 5.32 Å². The van der Waals surface area contributed by atoms with Crippen molar-refractivity contribution in [3.05, 3.63) is 0 Å². The molecule has 3 nitrogen and oxygen atoms in total. The molecule has 0 heterocycles. The molecule has 1 fully saturated rings. The molecular formula is C12H24N2O. The smallest absolute Gasteiger partial charge is 0.220 e. The van der Waals surface area contributed by atoms with Crippen LogP contribution >= 0.6 is 0 Å². The molecule has 1 rings (SSSR count). The van der Waals surface area contributed by atoms with E-state index in [1.165, 1.54) is 32.1 Å². The summed E-state index contributed by atoms with van der Waals surface area (Å²) in [4.78, 5) is 11.4. The number of nitrogens with one attached hydrogen (secondary N) is 1. The standard InChI is InChI=1S/C12H24N2O/c1-10(9-13)14-12(15)8-4-7-11-5-2-3-6-11/h10-11H,2-9,13H2,1H3,(H,14,15)/t10-/m0/s1. The number of amides is 1. The lowest BCUT2D eigenvalue weighted by Gasteiger charge is -2.12. The van der Waals surface area contributed by atoms with Crippen LogP contribution in [0.25, 0.3) is 0 Å². The molecule has 0 aromatic heterocycles. The molecule has 0 aromatic rings. The monoisotopic (exact) mass is 212 g/mol. The molecule has 0 saturated heterocycles. The highest BCUT2D eigenvalue weighted by molar-refractivity contribution is 5.76. The van der Waals surface area contributed by atoms with Gasteiger partial charge in [-0.25, -0.2) is 0 Å². The van der Waals surface area contributed by atoms with E-state index in [0.29, 0.717) is 13.0 Å². The van der Waals surface area contributed by atoms with Crippen LogP contribution in [0.3, 0.4) is 0 Å². The minimum absolute atomic E-state index is 0.115. The van der Waals surface area contributed by atoms with Crippen LogP contribution in [-0.2, 0) is 4.79 Å². The minimum atomic E-state index is 0.115. The van der Waals surface area contributed by atoms with Gasteiger partial charge in [0.2, 0.25) is 5.91 Å². The Labute approximate surface area is 92.8 Å². The van der Waals surface area contributed by atoms with Crippen molar-refractivity contribution in [2.24, 2.45) is 11.7 Å². The Morgan fingerprint density at radius 3 is 2.73 bits per heavy atom. The molecule has 88 valence electrons. The van der Waals surface area contributed by atoms with Crippen molar-refractivity contribution >= 4 is 5.91 Å². The topological polar surface area (TPSA) is 55.1 Å². The molecule has 1 atom stereocenters. The second-order valence-corrected chi connectivity index (χ2v) is 4.75. The van der Waals surface area contributed by atoms with Crippen LogP contribution in [0.5, 0.6) is 0 Å². The summed E-state index contributed by atoms with van der Waals surface area (Å²) in [5.41, 5.74) is 5.43. The number of rotatable bonds is 6. The maximum absolute atomic E-state index is 11.4. The number of hydrogen-bond donors (Lipinski definition) is 2. The summed E-state index contributed by atoms with van der Waals surface area (Å²) in [6.07, 6.45) is 8.46. The van der Waals surface area contributed by atoms with Gasteiger partial charge in [0, 0.05) is 19.0 Å². The van der Waals surface area contributed by atoms with E-state index in [1.807, 2.05) is 6.92 Å². The van der Waals surface area contributed by atoms with Crippen molar-refractivity contribution in [3.63, 3.8) is 0 Å². The zero-order chi connectivity index (χ0) is 11.1. The Bertz CT molecular complexity index is 188. The quantitative estimate of drug-likeness (QED) is 0.705. The van der Waals surface area contributed by atoms with E-state index >= 15 is 0 Å². The Hall–Kier alpha value is -0.570. The van der Waals surface area contributed by atoms with Crippen LogP contribution in [0.2, 0.25) is 0 Å². The molecule has 3 N–H and O–H groups in total. The third-order valence-corrected chi connectivity index (χ3v) is 3.25. The van der Waals surface area contributed by atoms with Gasteiger partial charge >= 0.3 is 0 Å². The number of carbonyl (C=O) groups is 1. The molecule has 0 aromatic carbocycles. The van der Waals surface area contributed by atoms with Crippen molar-refractivity contribution in [2.45, 2.75) is 57.9 Å². The van der Waals surface area contributed by atoms with Gasteiger partial charge in [-0.1, -0.05) is 25.7 Å². The van der Waals surface area contributed by atoms with Crippen LogP contribution in [0.4, 0.5) is 0 Å². The second kappa shape index (κ2) is 6.83. The van der Waals surface area contributed by atoms with E-state index in [-0.39, 0.29) is 11.9 Å². The molecule has 0 bridgehead atoms. The van der Waals surface area contributed by atoms with Gasteiger partial charge in [0.15, 0.2) is 0 Å². The summed E-state index contributed by atoms with van der Waals surface area (Å²) in [5.74, 6) is 1.05. The van der Waals surface area contributed by atoms with Gasteiger partial charge in [-0.3, -0.25) is 4.79 Å². The second-order valence-electron chi connectivity index (χ2n) is 4.75. The maximum atomic E-state index is 11.4. The predicted molar refractivity (Wildman–Crippen MR) is 62.5 cm³/mol. The molecule has 0 unspecified atom stereocenters. The third-order valence-electron chi connectivity index (χ3n) is 3.25. The molecule has 0 radical (unpaired) electrons. The minimum Gasteiger partial charge on any atom is -0.352 e. The van der Waals surface area contributed by atoms with Crippen LogP contribution in [0.1, 0.15) is 51.9 Å². The van der Waals surface area contributed by atoms with Crippen molar-refractivity contribution in [1.82, 2.24) is 5.32 Å². The fourth-order valence-electron chi connectivity index (χ4n) is 2.26. The molecule has 1 aliphatic rings. The third kappa shape index (κ3) is 5.17.